The number of rotatable bonds is 45. The van der Waals surface area contributed by atoms with Crippen molar-refractivity contribution < 1.29 is 42.1 Å². The van der Waals surface area contributed by atoms with Gasteiger partial charge < -0.3 is 27.9 Å². The van der Waals surface area contributed by atoms with E-state index in [4.69, 9.17) is 18.5 Å². The van der Waals surface area contributed by atoms with Crippen LogP contribution < -0.4 is 4.89 Å². The average Bonchev–Trinajstić information content (AvgIpc) is 3.23. The van der Waals surface area contributed by atoms with E-state index < -0.39 is 32.5 Å². The molecule has 0 spiro atoms. The summed E-state index contributed by atoms with van der Waals surface area (Å²) in [6.45, 7) is 4.07. The first-order valence-electron chi connectivity index (χ1n) is 25.0. The zero-order valence-electron chi connectivity index (χ0n) is 40.6. The first kappa shape index (κ1) is 59.7. The first-order chi connectivity index (χ1) is 30.0. The molecule has 0 aromatic carbocycles. The van der Waals surface area contributed by atoms with Crippen molar-refractivity contribution in [2.75, 3.05) is 47.5 Å². The van der Waals surface area contributed by atoms with Crippen LogP contribution in [0.3, 0.4) is 0 Å². The summed E-state index contributed by atoms with van der Waals surface area (Å²) in [6, 6.07) is 0. The van der Waals surface area contributed by atoms with Crippen molar-refractivity contribution in [2.24, 2.45) is 0 Å². The van der Waals surface area contributed by atoms with E-state index in [9.17, 15) is 19.0 Å². The van der Waals surface area contributed by atoms with Crippen LogP contribution in [0.4, 0.5) is 0 Å². The van der Waals surface area contributed by atoms with Crippen LogP contribution in [0.1, 0.15) is 206 Å². The van der Waals surface area contributed by atoms with Crippen LogP contribution in [-0.2, 0) is 32.7 Å². The van der Waals surface area contributed by atoms with Crippen LogP contribution >= 0.6 is 7.82 Å². The molecule has 10 heteroatoms. The summed E-state index contributed by atoms with van der Waals surface area (Å²) in [5.41, 5.74) is 0. The third-order valence-electron chi connectivity index (χ3n) is 10.5. The minimum Gasteiger partial charge on any atom is -0.756 e. The number of carbonyl (C=O) groups excluding carboxylic acids is 2. The molecule has 0 bridgehead atoms. The van der Waals surface area contributed by atoms with Crippen molar-refractivity contribution in [3.05, 3.63) is 60.8 Å². The smallest absolute Gasteiger partial charge is 0.306 e. The van der Waals surface area contributed by atoms with E-state index in [1.807, 2.05) is 21.1 Å². The maximum atomic E-state index is 12.7. The van der Waals surface area contributed by atoms with Crippen LogP contribution in [0, 0.1) is 0 Å². The Bertz CT molecular complexity index is 1240. The molecule has 0 heterocycles. The van der Waals surface area contributed by atoms with Gasteiger partial charge in [-0.3, -0.25) is 14.2 Å². The molecule has 0 saturated carbocycles. The zero-order valence-corrected chi connectivity index (χ0v) is 41.4. The molecule has 9 nitrogen and oxygen atoms in total. The molecule has 0 N–H and O–H groups in total. The lowest BCUT2D eigenvalue weighted by molar-refractivity contribution is -0.870. The maximum Gasteiger partial charge on any atom is 0.306 e. The highest BCUT2D eigenvalue weighted by Crippen LogP contribution is 2.38. The lowest BCUT2D eigenvalue weighted by Crippen LogP contribution is -2.37. The molecular weight excluding hydrogens is 798 g/mol. The highest BCUT2D eigenvalue weighted by atomic mass is 31.2. The monoisotopic (exact) mass is 892 g/mol. The summed E-state index contributed by atoms with van der Waals surface area (Å²) in [6.07, 6.45) is 54.1. The van der Waals surface area contributed by atoms with Gasteiger partial charge in [-0.15, -0.1) is 0 Å². The molecule has 0 fully saturated rings. The van der Waals surface area contributed by atoms with Crippen LogP contribution in [0.15, 0.2) is 60.8 Å². The molecule has 2 unspecified atom stereocenters. The summed E-state index contributed by atoms with van der Waals surface area (Å²) in [5.74, 6) is -0.883. The van der Waals surface area contributed by atoms with Gasteiger partial charge in [-0.2, -0.15) is 0 Å². The molecule has 0 radical (unpaired) electrons. The normalized spacial score (nSPS) is 14.0. The van der Waals surface area contributed by atoms with E-state index >= 15 is 0 Å². The fourth-order valence-corrected chi connectivity index (χ4v) is 7.37. The van der Waals surface area contributed by atoms with Crippen molar-refractivity contribution in [3.8, 4) is 0 Å². The molecular formula is C52H94NO8P. The molecule has 0 aliphatic heterocycles. The highest BCUT2D eigenvalue weighted by molar-refractivity contribution is 7.45. The van der Waals surface area contributed by atoms with E-state index in [1.165, 1.54) is 116 Å². The number of ether oxygens (including phenoxy) is 2. The molecule has 0 amide bonds. The summed E-state index contributed by atoms with van der Waals surface area (Å²) in [5, 5.41) is 0. The quantitative estimate of drug-likeness (QED) is 0.0195. The average molecular weight is 892 g/mol. The number of allylic oxidation sites excluding steroid dienone is 10. The van der Waals surface area contributed by atoms with Gasteiger partial charge in [0.15, 0.2) is 6.10 Å². The summed E-state index contributed by atoms with van der Waals surface area (Å²) >= 11 is 0. The Labute approximate surface area is 381 Å². The Morgan fingerprint density at radius 2 is 0.919 bits per heavy atom. The minimum atomic E-state index is -4.64. The SMILES string of the molecule is CC/C=C\C/C=C\C/C=C\C/C=C\CCCCC(=O)OC(COC(=O)CCCCCCCCCCCCC/C=C\CCCCCCCCCC)COP(=O)([O-])OCC[N+](C)(C)C. The molecule has 0 rings (SSSR count). The van der Waals surface area contributed by atoms with E-state index in [-0.39, 0.29) is 26.1 Å². The zero-order chi connectivity index (χ0) is 45.7. The number of unbranched alkanes of at least 4 members (excludes halogenated alkanes) is 21. The molecule has 0 saturated heterocycles. The van der Waals surface area contributed by atoms with Crippen molar-refractivity contribution in [2.45, 2.75) is 213 Å². The number of quaternary nitrogens is 1. The summed E-state index contributed by atoms with van der Waals surface area (Å²) in [4.78, 5) is 37.6. The van der Waals surface area contributed by atoms with Crippen molar-refractivity contribution in [3.63, 3.8) is 0 Å². The van der Waals surface area contributed by atoms with Gasteiger partial charge >= 0.3 is 11.9 Å². The predicted molar refractivity (Wildman–Crippen MR) is 259 cm³/mol. The van der Waals surface area contributed by atoms with Crippen molar-refractivity contribution >= 4 is 19.8 Å². The van der Waals surface area contributed by atoms with Gasteiger partial charge in [-0.05, 0) is 77.0 Å². The van der Waals surface area contributed by atoms with Crippen LogP contribution in [-0.4, -0.2) is 70.0 Å². The number of hydrogen-bond acceptors (Lipinski definition) is 8. The second-order valence-electron chi connectivity index (χ2n) is 17.8. The molecule has 0 aromatic heterocycles. The van der Waals surface area contributed by atoms with E-state index in [1.54, 1.807) is 0 Å². The Morgan fingerprint density at radius 3 is 1.42 bits per heavy atom. The lowest BCUT2D eigenvalue weighted by atomic mass is 10.0. The Balaban J connectivity index is 4.26. The number of likely N-dealkylation sites (N-methyl/N-ethyl adjacent to an activating group) is 1. The number of carbonyl (C=O) groups is 2. The van der Waals surface area contributed by atoms with Crippen LogP contribution in [0.5, 0.6) is 0 Å². The van der Waals surface area contributed by atoms with Gasteiger partial charge in [-0.25, -0.2) is 0 Å². The minimum absolute atomic E-state index is 0.0409. The summed E-state index contributed by atoms with van der Waals surface area (Å²) in [7, 11) is 1.13. The standard InChI is InChI=1S/C52H94NO8P/c1-6-8-10-12-14-16-18-20-22-23-24-25-26-27-28-29-31-32-34-36-38-40-42-44-51(54)58-48-50(49-60-62(56,57)59-47-46-53(3,4)5)61-52(55)45-43-41-39-37-35-33-30-21-19-17-15-13-11-9-7-2/h9,11,15,17,21,23-24,30,35,37,50H,6-8,10,12-14,16,18-20,22,25-29,31-34,36,38-49H2,1-5H3/b11-9-,17-15-,24-23-,30-21-,37-35-. The van der Waals surface area contributed by atoms with Gasteiger partial charge in [0.05, 0.1) is 27.7 Å². The molecule has 62 heavy (non-hydrogen) atoms. The van der Waals surface area contributed by atoms with Gasteiger partial charge in [-0.1, -0.05) is 177 Å². The molecule has 0 aliphatic rings. The largest absolute Gasteiger partial charge is 0.756 e. The Morgan fingerprint density at radius 1 is 0.516 bits per heavy atom. The third-order valence-corrected chi connectivity index (χ3v) is 11.5. The summed E-state index contributed by atoms with van der Waals surface area (Å²) < 4.78 is 33.9. The van der Waals surface area contributed by atoms with Crippen molar-refractivity contribution in [1.29, 1.82) is 0 Å². The fourth-order valence-electron chi connectivity index (χ4n) is 6.64. The molecule has 360 valence electrons. The molecule has 2 atom stereocenters. The molecule has 0 aliphatic carbocycles. The fraction of sp³-hybridized carbons (Fsp3) is 0.769. The Kier molecular flexibility index (Phi) is 42.3. The second-order valence-corrected chi connectivity index (χ2v) is 19.2. The second kappa shape index (κ2) is 43.9. The lowest BCUT2D eigenvalue weighted by Gasteiger charge is -2.28. The number of esters is 2. The van der Waals surface area contributed by atoms with E-state index in [0.717, 1.165) is 57.8 Å². The van der Waals surface area contributed by atoms with Gasteiger partial charge in [0, 0.05) is 12.8 Å². The number of phosphoric acid groups is 1. The van der Waals surface area contributed by atoms with Gasteiger partial charge in [0.1, 0.15) is 19.8 Å². The van der Waals surface area contributed by atoms with Crippen molar-refractivity contribution in [1.82, 2.24) is 0 Å². The first-order valence-corrected chi connectivity index (χ1v) is 26.5. The maximum absolute atomic E-state index is 12.7. The van der Waals surface area contributed by atoms with Crippen LogP contribution in [0.2, 0.25) is 0 Å². The number of hydrogen-bond donors (Lipinski definition) is 0. The third kappa shape index (κ3) is 47.2. The molecule has 0 aromatic rings. The topological polar surface area (TPSA) is 111 Å². The number of phosphoric ester groups is 1. The van der Waals surface area contributed by atoms with Gasteiger partial charge in [0.2, 0.25) is 0 Å². The van der Waals surface area contributed by atoms with E-state index in [2.05, 4.69) is 74.6 Å². The highest BCUT2D eigenvalue weighted by Gasteiger charge is 2.21. The van der Waals surface area contributed by atoms with Gasteiger partial charge in [0.25, 0.3) is 7.82 Å². The van der Waals surface area contributed by atoms with Crippen LogP contribution in [0.25, 0.3) is 0 Å². The van der Waals surface area contributed by atoms with E-state index in [0.29, 0.717) is 17.4 Å². The Hall–Kier alpha value is -2.29. The number of nitrogens with zero attached hydrogens (tertiary/aromatic N) is 1. The predicted octanol–water partition coefficient (Wildman–Crippen LogP) is 14.2.